The number of halogens is 2. The molecule has 0 saturated carbocycles. The summed E-state index contributed by atoms with van der Waals surface area (Å²) in [4.78, 5) is 17.9. The maximum Gasteiger partial charge on any atom is 0.270 e. The van der Waals surface area contributed by atoms with Gasteiger partial charge in [-0.1, -0.05) is 30.3 Å². The molecule has 2 heterocycles. The van der Waals surface area contributed by atoms with Crippen LogP contribution >= 0.6 is 0 Å². The van der Waals surface area contributed by atoms with E-state index >= 15 is 0 Å². The summed E-state index contributed by atoms with van der Waals surface area (Å²) in [6.07, 6.45) is -0.770. The zero-order valence-electron chi connectivity index (χ0n) is 19.0. The van der Waals surface area contributed by atoms with E-state index in [1.165, 1.54) is 10.5 Å². The van der Waals surface area contributed by atoms with Crippen LogP contribution in [0, 0.1) is 18.6 Å². The first-order valence-electron chi connectivity index (χ1n) is 11.0. The number of pyridine rings is 1. The highest BCUT2D eigenvalue weighted by Gasteiger charge is 2.49. The fraction of sp³-hybridized carbons (Fsp3) is 0.231. The van der Waals surface area contributed by atoms with Gasteiger partial charge in [0.05, 0.1) is 16.8 Å². The van der Waals surface area contributed by atoms with Crippen LogP contribution in [0.5, 0.6) is 5.75 Å². The number of ether oxygens (including phenoxy) is 1. The van der Waals surface area contributed by atoms with Crippen LogP contribution in [0.4, 0.5) is 8.78 Å². The minimum Gasteiger partial charge on any atom is -0.485 e. The van der Waals surface area contributed by atoms with E-state index in [4.69, 9.17) is 4.74 Å². The molecule has 0 saturated heterocycles. The molecule has 1 amide bonds. The SMILES string of the molecule is Cc1nc2c(OCc3c(F)cccc3F)cccn2c1C(=O)N[C@@]1(C)c2ccccc2[C@H](O)[C@H]1O. The van der Waals surface area contributed by atoms with Crippen molar-refractivity contribution in [3.8, 4) is 5.75 Å². The Morgan fingerprint density at radius 1 is 1.11 bits per heavy atom. The summed E-state index contributed by atoms with van der Waals surface area (Å²) >= 11 is 0. The number of aryl methyl sites for hydroxylation is 1. The van der Waals surface area contributed by atoms with Crippen LogP contribution in [0.2, 0.25) is 0 Å². The zero-order valence-corrected chi connectivity index (χ0v) is 19.0. The van der Waals surface area contributed by atoms with Crippen molar-refractivity contribution in [2.45, 2.75) is 38.2 Å². The third-order valence-corrected chi connectivity index (χ3v) is 6.54. The van der Waals surface area contributed by atoms with E-state index in [1.54, 1.807) is 56.4 Å². The van der Waals surface area contributed by atoms with Crippen molar-refractivity contribution in [1.29, 1.82) is 0 Å². The first-order valence-corrected chi connectivity index (χ1v) is 11.0. The van der Waals surface area contributed by atoms with Gasteiger partial charge in [0, 0.05) is 6.20 Å². The van der Waals surface area contributed by atoms with Gasteiger partial charge in [-0.15, -0.1) is 0 Å². The Morgan fingerprint density at radius 2 is 1.83 bits per heavy atom. The molecule has 9 heteroatoms. The molecule has 0 unspecified atom stereocenters. The number of fused-ring (bicyclic) bond motifs is 2. The molecule has 2 aromatic carbocycles. The maximum atomic E-state index is 14.0. The van der Waals surface area contributed by atoms with Crippen molar-refractivity contribution < 1.29 is 28.5 Å². The minimum absolute atomic E-state index is 0.204. The van der Waals surface area contributed by atoms with Crippen LogP contribution in [0.1, 0.15) is 45.9 Å². The number of aliphatic hydroxyl groups excluding tert-OH is 2. The van der Waals surface area contributed by atoms with Gasteiger partial charge in [-0.25, -0.2) is 13.8 Å². The normalized spacial score (nSPS) is 21.2. The first kappa shape index (κ1) is 22.9. The Kier molecular flexibility index (Phi) is 5.53. The van der Waals surface area contributed by atoms with Gasteiger partial charge in [-0.2, -0.15) is 0 Å². The lowest BCUT2D eigenvalue weighted by molar-refractivity contribution is -0.0189. The Labute approximate surface area is 199 Å². The highest BCUT2D eigenvalue weighted by atomic mass is 19.1. The fourth-order valence-corrected chi connectivity index (χ4v) is 4.67. The molecular formula is C26H23F2N3O4. The summed E-state index contributed by atoms with van der Waals surface area (Å²) in [5.41, 5.74) is 0.612. The molecule has 0 fully saturated rings. The zero-order chi connectivity index (χ0) is 24.9. The number of rotatable bonds is 5. The summed E-state index contributed by atoms with van der Waals surface area (Å²) in [5, 5.41) is 24.1. The van der Waals surface area contributed by atoms with Gasteiger partial charge >= 0.3 is 0 Å². The smallest absolute Gasteiger partial charge is 0.270 e. The Balaban J connectivity index is 1.47. The third kappa shape index (κ3) is 3.64. The molecule has 5 rings (SSSR count). The quantitative estimate of drug-likeness (QED) is 0.407. The largest absolute Gasteiger partial charge is 0.485 e. The van der Waals surface area contributed by atoms with Gasteiger partial charge < -0.3 is 20.3 Å². The fourth-order valence-electron chi connectivity index (χ4n) is 4.67. The van der Waals surface area contributed by atoms with Crippen molar-refractivity contribution in [2.75, 3.05) is 0 Å². The minimum atomic E-state index is -1.25. The van der Waals surface area contributed by atoms with Crippen molar-refractivity contribution >= 4 is 11.6 Å². The molecule has 2 aromatic heterocycles. The molecule has 4 aromatic rings. The predicted octanol–water partition coefficient (Wildman–Crippen LogP) is 3.55. The van der Waals surface area contributed by atoms with E-state index in [0.29, 0.717) is 22.5 Å². The number of hydrogen-bond donors (Lipinski definition) is 3. The summed E-state index contributed by atoms with van der Waals surface area (Å²) in [6.45, 7) is 2.95. The molecule has 1 aliphatic rings. The van der Waals surface area contributed by atoms with Gasteiger partial charge in [0.1, 0.15) is 36.1 Å². The van der Waals surface area contributed by atoms with E-state index < -0.39 is 35.3 Å². The number of amides is 1. The average molecular weight is 479 g/mol. The number of aromatic nitrogens is 2. The van der Waals surface area contributed by atoms with Crippen LogP contribution in [0.3, 0.4) is 0 Å². The predicted molar refractivity (Wildman–Crippen MR) is 123 cm³/mol. The monoisotopic (exact) mass is 479 g/mol. The van der Waals surface area contributed by atoms with Gasteiger partial charge in [-0.3, -0.25) is 9.20 Å². The Morgan fingerprint density at radius 3 is 2.57 bits per heavy atom. The lowest BCUT2D eigenvalue weighted by Gasteiger charge is -2.31. The molecule has 3 N–H and O–H groups in total. The molecule has 0 radical (unpaired) electrons. The van der Waals surface area contributed by atoms with Crippen LogP contribution in [0.25, 0.3) is 5.65 Å². The number of carbonyl (C=O) groups is 1. The molecule has 0 aliphatic heterocycles. The molecular weight excluding hydrogens is 456 g/mol. The van der Waals surface area contributed by atoms with E-state index in [1.807, 2.05) is 0 Å². The van der Waals surface area contributed by atoms with Crippen molar-refractivity contribution in [2.24, 2.45) is 0 Å². The van der Waals surface area contributed by atoms with E-state index in [-0.39, 0.29) is 23.6 Å². The highest BCUT2D eigenvalue weighted by molar-refractivity contribution is 5.95. The summed E-state index contributed by atoms with van der Waals surface area (Å²) in [7, 11) is 0. The molecule has 7 nitrogen and oxygen atoms in total. The van der Waals surface area contributed by atoms with E-state index in [9.17, 15) is 23.8 Å². The van der Waals surface area contributed by atoms with Gasteiger partial charge in [-0.05, 0) is 49.2 Å². The standard InChI is InChI=1S/C26H23F2N3O4/c1-14-21(25(34)30-26(2)17-8-4-3-7-15(17)22(32)23(26)33)31-12-6-11-20(24(31)29-14)35-13-16-18(27)9-5-10-19(16)28/h3-12,22-23,32-33H,13H2,1-2H3,(H,30,34)/t22-,23+,26-/m0/s1. The lowest BCUT2D eigenvalue weighted by Crippen LogP contribution is -2.50. The number of nitrogens with zero attached hydrogens (tertiary/aromatic N) is 2. The second kappa shape index (κ2) is 8.44. The summed E-state index contributed by atoms with van der Waals surface area (Å²) < 4.78 is 35.2. The van der Waals surface area contributed by atoms with E-state index in [0.717, 1.165) is 12.1 Å². The second-order valence-corrected chi connectivity index (χ2v) is 8.73. The maximum absolute atomic E-state index is 14.0. The van der Waals surface area contributed by atoms with Crippen LogP contribution < -0.4 is 10.1 Å². The molecule has 35 heavy (non-hydrogen) atoms. The Bertz CT molecular complexity index is 1430. The number of benzene rings is 2. The van der Waals surface area contributed by atoms with Gasteiger partial charge in [0.15, 0.2) is 11.4 Å². The van der Waals surface area contributed by atoms with Crippen molar-refractivity contribution in [3.05, 3.63) is 101 Å². The molecule has 3 atom stereocenters. The summed E-state index contributed by atoms with van der Waals surface area (Å²) in [5.74, 6) is -1.72. The van der Waals surface area contributed by atoms with Gasteiger partial charge in [0.2, 0.25) is 0 Å². The summed E-state index contributed by atoms with van der Waals surface area (Å²) in [6, 6.07) is 13.8. The Hall–Kier alpha value is -3.82. The molecule has 0 spiro atoms. The van der Waals surface area contributed by atoms with Crippen LogP contribution in [-0.2, 0) is 12.1 Å². The van der Waals surface area contributed by atoms with Gasteiger partial charge in [0.25, 0.3) is 5.91 Å². The average Bonchev–Trinajstić information content (AvgIpc) is 3.27. The van der Waals surface area contributed by atoms with Crippen LogP contribution in [-0.4, -0.2) is 31.6 Å². The van der Waals surface area contributed by atoms with E-state index in [2.05, 4.69) is 10.3 Å². The highest BCUT2D eigenvalue weighted by Crippen LogP contribution is 2.43. The number of aliphatic hydroxyl groups is 2. The van der Waals surface area contributed by atoms with Crippen molar-refractivity contribution in [3.63, 3.8) is 0 Å². The number of nitrogens with one attached hydrogen (secondary N) is 1. The molecule has 180 valence electrons. The van der Waals surface area contributed by atoms with Crippen LogP contribution in [0.15, 0.2) is 60.8 Å². The lowest BCUT2D eigenvalue weighted by atomic mass is 9.91. The third-order valence-electron chi connectivity index (χ3n) is 6.54. The topological polar surface area (TPSA) is 96.1 Å². The number of imidazole rings is 1. The number of hydrogen-bond acceptors (Lipinski definition) is 5. The second-order valence-electron chi connectivity index (χ2n) is 8.73. The molecule has 1 aliphatic carbocycles. The molecule has 0 bridgehead atoms. The first-order chi connectivity index (χ1) is 16.7. The van der Waals surface area contributed by atoms with Crippen molar-refractivity contribution in [1.82, 2.24) is 14.7 Å². The number of carbonyl (C=O) groups excluding carboxylic acids is 1.